The van der Waals surface area contributed by atoms with Gasteiger partial charge in [-0.05, 0) is 37.8 Å². The molecule has 1 N–H and O–H groups in total. The molecule has 1 heterocycles. The van der Waals surface area contributed by atoms with E-state index in [4.69, 9.17) is 0 Å². The molecule has 0 aromatic rings. The van der Waals surface area contributed by atoms with E-state index in [0.29, 0.717) is 0 Å². The van der Waals surface area contributed by atoms with Gasteiger partial charge in [0.15, 0.2) is 0 Å². The van der Waals surface area contributed by atoms with Gasteiger partial charge >= 0.3 is 5.97 Å². The molecule has 88 valence electrons. The number of hydrogen-bond donors (Lipinski definition) is 1. The van der Waals surface area contributed by atoms with Gasteiger partial charge in [-0.25, -0.2) is 0 Å². The minimum absolute atomic E-state index is 0.246. The number of hydrogen-bond acceptors (Lipinski definition) is 2. The van der Waals surface area contributed by atoms with Crippen LogP contribution in [0.25, 0.3) is 0 Å². The zero-order chi connectivity index (χ0) is 11.4. The van der Waals surface area contributed by atoms with E-state index in [-0.39, 0.29) is 12.0 Å². The fourth-order valence-electron chi connectivity index (χ4n) is 2.29. The average molecular weight is 213 g/mol. The van der Waals surface area contributed by atoms with Crippen LogP contribution in [0.4, 0.5) is 0 Å². The zero-order valence-electron chi connectivity index (χ0n) is 10.1. The van der Waals surface area contributed by atoms with E-state index in [0.717, 1.165) is 38.3 Å². The maximum atomic E-state index is 11.2. The Hall–Kier alpha value is -0.570. The number of carboxylic acids is 1. The molecule has 1 aliphatic heterocycles. The third-order valence-corrected chi connectivity index (χ3v) is 3.65. The average Bonchev–Trinajstić information content (AvgIpc) is 2.20. The fraction of sp³-hybridized carbons (Fsp3) is 0.917. The molecule has 3 heteroatoms. The van der Waals surface area contributed by atoms with Gasteiger partial charge in [0.25, 0.3) is 0 Å². The third kappa shape index (κ3) is 3.20. The SMILES string of the molecule is CCC(C)C(C(=O)O)N1CCC(C)CC1. The standard InChI is InChI=1S/C12H23NO2/c1-4-10(3)11(12(14)15)13-7-5-9(2)6-8-13/h9-11H,4-8H2,1-3H3,(H,14,15). The van der Waals surface area contributed by atoms with E-state index in [1.165, 1.54) is 0 Å². The van der Waals surface area contributed by atoms with E-state index < -0.39 is 5.97 Å². The Labute approximate surface area is 92.5 Å². The Morgan fingerprint density at radius 3 is 2.40 bits per heavy atom. The van der Waals surface area contributed by atoms with Gasteiger partial charge in [0, 0.05) is 0 Å². The second-order valence-corrected chi connectivity index (χ2v) is 4.89. The van der Waals surface area contributed by atoms with Gasteiger partial charge < -0.3 is 5.11 Å². The van der Waals surface area contributed by atoms with Crippen molar-refractivity contribution in [2.45, 2.75) is 46.1 Å². The van der Waals surface area contributed by atoms with Crippen molar-refractivity contribution in [2.24, 2.45) is 11.8 Å². The summed E-state index contributed by atoms with van der Waals surface area (Å²) < 4.78 is 0. The van der Waals surface area contributed by atoms with Crippen LogP contribution in [0.1, 0.15) is 40.0 Å². The predicted octanol–water partition coefficient (Wildman–Crippen LogP) is 2.22. The van der Waals surface area contributed by atoms with Crippen LogP contribution in [-0.2, 0) is 4.79 Å². The van der Waals surface area contributed by atoms with E-state index in [9.17, 15) is 9.90 Å². The lowest BCUT2D eigenvalue weighted by atomic mass is 9.92. The van der Waals surface area contributed by atoms with Crippen molar-refractivity contribution in [3.63, 3.8) is 0 Å². The van der Waals surface area contributed by atoms with Crippen molar-refractivity contribution in [3.8, 4) is 0 Å². The van der Waals surface area contributed by atoms with Gasteiger partial charge in [-0.3, -0.25) is 9.69 Å². The van der Waals surface area contributed by atoms with Crippen LogP contribution in [0, 0.1) is 11.8 Å². The van der Waals surface area contributed by atoms with Gasteiger partial charge in [0.2, 0.25) is 0 Å². The molecule has 3 nitrogen and oxygen atoms in total. The summed E-state index contributed by atoms with van der Waals surface area (Å²) in [4.78, 5) is 13.4. The molecule has 0 bridgehead atoms. The zero-order valence-corrected chi connectivity index (χ0v) is 10.1. The molecule has 1 rings (SSSR count). The van der Waals surface area contributed by atoms with Crippen molar-refractivity contribution < 1.29 is 9.90 Å². The third-order valence-electron chi connectivity index (χ3n) is 3.65. The van der Waals surface area contributed by atoms with Gasteiger partial charge in [-0.15, -0.1) is 0 Å². The quantitative estimate of drug-likeness (QED) is 0.778. The van der Waals surface area contributed by atoms with Crippen LogP contribution in [0.3, 0.4) is 0 Å². The summed E-state index contributed by atoms with van der Waals surface area (Å²) in [5, 5.41) is 9.25. The molecule has 2 atom stereocenters. The molecule has 1 fully saturated rings. The summed E-state index contributed by atoms with van der Waals surface area (Å²) in [5.41, 5.74) is 0. The van der Waals surface area contributed by atoms with E-state index in [1.54, 1.807) is 0 Å². The number of rotatable bonds is 4. The Morgan fingerprint density at radius 2 is 2.00 bits per heavy atom. The number of piperidine rings is 1. The van der Waals surface area contributed by atoms with Crippen LogP contribution < -0.4 is 0 Å². The summed E-state index contributed by atoms with van der Waals surface area (Å²) in [5.74, 6) is 0.349. The van der Waals surface area contributed by atoms with Gasteiger partial charge in [-0.1, -0.05) is 27.2 Å². The lowest BCUT2D eigenvalue weighted by Gasteiger charge is -2.37. The summed E-state index contributed by atoms with van der Waals surface area (Å²) in [6.07, 6.45) is 3.21. The first kappa shape index (κ1) is 12.5. The van der Waals surface area contributed by atoms with Crippen molar-refractivity contribution in [1.29, 1.82) is 0 Å². The van der Waals surface area contributed by atoms with E-state index in [2.05, 4.69) is 18.7 Å². The second kappa shape index (κ2) is 5.50. The highest BCUT2D eigenvalue weighted by Crippen LogP contribution is 2.22. The van der Waals surface area contributed by atoms with E-state index in [1.807, 2.05) is 6.92 Å². The van der Waals surface area contributed by atoms with Crippen LogP contribution in [0.5, 0.6) is 0 Å². The van der Waals surface area contributed by atoms with Crippen molar-refractivity contribution >= 4 is 5.97 Å². The Kier molecular flexibility index (Phi) is 4.58. The Bertz CT molecular complexity index is 210. The smallest absolute Gasteiger partial charge is 0.321 e. The van der Waals surface area contributed by atoms with Crippen molar-refractivity contribution in [1.82, 2.24) is 4.90 Å². The number of aliphatic carboxylic acids is 1. The Balaban J connectivity index is 2.60. The number of likely N-dealkylation sites (tertiary alicyclic amines) is 1. The molecule has 0 aromatic carbocycles. The van der Waals surface area contributed by atoms with Crippen molar-refractivity contribution in [3.05, 3.63) is 0 Å². The highest BCUT2D eigenvalue weighted by molar-refractivity contribution is 5.73. The largest absolute Gasteiger partial charge is 0.480 e. The summed E-state index contributed by atoms with van der Waals surface area (Å²) in [6.45, 7) is 8.24. The highest BCUT2D eigenvalue weighted by Gasteiger charge is 2.31. The monoisotopic (exact) mass is 213 g/mol. The minimum atomic E-state index is -0.654. The molecule has 1 saturated heterocycles. The molecule has 15 heavy (non-hydrogen) atoms. The highest BCUT2D eigenvalue weighted by atomic mass is 16.4. The second-order valence-electron chi connectivity index (χ2n) is 4.89. The lowest BCUT2D eigenvalue weighted by Crippen LogP contribution is -2.48. The van der Waals surface area contributed by atoms with Gasteiger partial charge in [0.1, 0.15) is 6.04 Å². The molecule has 0 spiro atoms. The molecule has 0 radical (unpaired) electrons. The summed E-state index contributed by atoms with van der Waals surface area (Å²) >= 11 is 0. The lowest BCUT2D eigenvalue weighted by molar-refractivity contribution is -0.146. The molecule has 0 aromatic heterocycles. The first-order chi connectivity index (χ1) is 7.06. The molecule has 1 aliphatic rings. The first-order valence-corrected chi connectivity index (χ1v) is 6.03. The van der Waals surface area contributed by atoms with Gasteiger partial charge in [0.05, 0.1) is 0 Å². The first-order valence-electron chi connectivity index (χ1n) is 6.03. The summed E-state index contributed by atoms with van der Waals surface area (Å²) in [6, 6.07) is -0.275. The fourth-order valence-corrected chi connectivity index (χ4v) is 2.29. The molecular weight excluding hydrogens is 190 g/mol. The van der Waals surface area contributed by atoms with Crippen molar-refractivity contribution in [2.75, 3.05) is 13.1 Å². The molecule has 2 unspecified atom stereocenters. The maximum absolute atomic E-state index is 11.2. The number of carboxylic acid groups (broad SMARTS) is 1. The Morgan fingerprint density at radius 1 is 1.47 bits per heavy atom. The topological polar surface area (TPSA) is 40.5 Å². The molecular formula is C12H23NO2. The van der Waals surface area contributed by atoms with E-state index >= 15 is 0 Å². The predicted molar refractivity (Wildman–Crippen MR) is 60.8 cm³/mol. The maximum Gasteiger partial charge on any atom is 0.321 e. The van der Waals surface area contributed by atoms with Crippen LogP contribution >= 0.6 is 0 Å². The molecule has 0 amide bonds. The van der Waals surface area contributed by atoms with Gasteiger partial charge in [-0.2, -0.15) is 0 Å². The summed E-state index contributed by atoms with van der Waals surface area (Å²) in [7, 11) is 0. The minimum Gasteiger partial charge on any atom is -0.480 e. The molecule has 0 saturated carbocycles. The normalized spacial score (nSPS) is 23.7. The number of carbonyl (C=O) groups is 1. The van der Waals surface area contributed by atoms with Crippen LogP contribution in [0.15, 0.2) is 0 Å². The van der Waals surface area contributed by atoms with Crippen LogP contribution in [-0.4, -0.2) is 35.1 Å². The molecule has 0 aliphatic carbocycles. The van der Waals surface area contributed by atoms with Crippen LogP contribution in [0.2, 0.25) is 0 Å². The number of nitrogens with zero attached hydrogens (tertiary/aromatic N) is 1.